The van der Waals surface area contributed by atoms with Crippen molar-refractivity contribution in [2.24, 2.45) is 0 Å². The van der Waals surface area contributed by atoms with Crippen molar-refractivity contribution in [3.05, 3.63) is 11.4 Å². The third kappa shape index (κ3) is 1.34. The van der Waals surface area contributed by atoms with Crippen LogP contribution in [0, 0.1) is 0 Å². The summed E-state index contributed by atoms with van der Waals surface area (Å²) < 4.78 is 0. The van der Waals surface area contributed by atoms with Gasteiger partial charge in [-0.2, -0.15) is 5.10 Å². The summed E-state index contributed by atoms with van der Waals surface area (Å²) in [4.78, 5) is 13.1. The van der Waals surface area contributed by atoms with E-state index in [9.17, 15) is 4.79 Å². The monoisotopic (exact) mass is 194 g/mol. The minimum atomic E-state index is -0.148. The van der Waals surface area contributed by atoms with Crippen molar-refractivity contribution < 1.29 is 4.79 Å². The van der Waals surface area contributed by atoms with Gasteiger partial charge in [-0.05, 0) is 12.8 Å². The number of nitrogens with one attached hydrogen (secondary N) is 1. The number of hydrogen-bond acceptors (Lipinski definition) is 3. The summed E-state index contributed by atoms with van der Waals surface area (Å²) in [6, 6.07) is 0. The van der Waals surface area contributed by atoms with Crippen LogP contribution in [0.1, 0.15) is 34.9 Å². The van der Waals surface area contributed by atoms with Crippen molar-refractivity contribution in [2.75, 3.05) is 19.8 Å². The Morgan fingerprint density at radius 2 is 2.21 bits per heavy atom. The zero-order valence-corrected chi connectivity index (χ0v) is 8.37. The van der Waals surface area contributed by atoms with Crippen LogP contribution in [0.25, 0.3) is 0 Å². The molecule has 1 fully saturated rings. The number of carbonyl (C=O) groups excluding carboxylic acids is 1. The van der Waals surface area contributed by atoms with Crippen molar-refractivity contribution in [3.8, 4) is 0 Å². The van der Waals surface area contributed by atoms with Crippen LogP contribution in [0.15, 0.2) is 0 Å². The lowest BCUT2D eigenvalue weighted by Crippen LogP contribution is -2.23. The number of rotatable bonds is 2. The quantitative estimate of drug-likeness (QED) is 0.722. The molecule has 1 heterocycles. The average Bonchev–Trinajstić information content (AvgIpc) is 2.89. The molecule has 1 aromatic heterocycles. The summed E-state index contributed by atoms with van der Waals surface area (Å²) in [5.74, 6) is 0.344. The highest BCUT2D eigenvalue weighted by Gasteiger charge is 2.30. The van der Waals surface area contributed by atoms with Crippen LogP contribution in [-0.4, -0.2) is 35.1 Å². The molecule has 2 rings (SSSR count). The molecule has 0 spiro atoms. The van der Waals surface area contributed by atoms with E-state index in [-0.39, 0.29) is 5.91 Å². The maximum Gasteiger partial charge on any atom is 0.275 e. The number of amides is 1. The molecule has 0 aromatic carbocycles. The van der Waals surface area contributed by atoms with Gasteiger partial charge in [-0.3, -0.25) is 9.89 Å². The molecule has 0 radical (unpaired) electrons. The van der Waals surface area contributed by atoms with E-state index in [2.05, 4.69) is 10.2 Å². The van der Waals surface area contributed by atoms with E-state index in [1.807, 2.05) is 0 Å². The Labute approximate surface area is 82.3 Å². The van der Waals surface area contributed by atoms with Crippen molar-refractivity contribution in [1.29, 1.82) is 0 Å². The van der Waals surface area contributed by atoms with Crippen LogP contribution in [-0.2, 0) is 0 Å². The molecule has 5 heteroatoms. The SMILES string of the molecule is CN(C)C(=O)c1n[nH]c(C2CC2)c1N. The van der Waals surface area contributed by atoms with Gasteiger partial charge >= 0.3 is 0 Å². The maximum atomic E-state index is 11.6. The van der Waals surface area contributed by atoms with E-state index in [0.29, 0.717) is 17.3 Å². The van der Waals surface area contributed by atoms with Gasteiger partial charge in [-0.1, -0.05) is 0 Å². The first-order valence-electron chi connectivity index (χ1n) is 4.66. The van der Waals surface area contributed by atoms with Crippen LogP contribution in [0.4, 0.5) is 5.69 Å². The first kappa shape index (κ1) is 9.05. The molecule has 0 aliphatic heterocycles. The second-order valence-corrected chi connectivity index (χ2v) is 3.87. The summed E-state index contributed by atoms with van der Waals surface area (Å²) in [5, 5.41) is 6.81. The van der Waals surface area contributed by atoms with Crippen LogP contribution in [0.3, 0.4) is 0 Å². The van der Waals surface area contributed by atoms with E-state index in [1.165, 1.54) is 4.90 Å². The number of hydrogen-bond donors (Lipinski definition) is 2. The van der Waals surface area contributed by atoms with Crippen molar-refractivity contribution in [1.82, 2.24) is 15.1 Å². The number of anilines is 1. The predicted octanol–water partition coefficient (Wildman–Crippen LogP) is 0.571. The fourth-order valence-electron chi connectivity index (χ4n) is 1.42. The summed E-state index contributed by atoms with van der Waals surface area (Å²) >= 11 is 0. The van der Waals surface area contributed by atoms with Crippen LogP contribution >= 0.6 is 0 Å². The Balaban J connectivity index is 2.30. The number of carbonyl (C=O) groups is 1. The predicted molar refractivity (Wildman–Crippen MR) is 53.0 cm³/mol. The highest BCUT2D eigenvalue weighted by atomic mass is 16.2. The number of nitrogens with zero attached hydrogens (tertiary/aromatic N) is 2. The Morgan fingerprint density at radius 3 is 2.71 bits per heavy atom. The first-order valence-corrected chi connectivity index (χ1v) is 4.66. The average molecular weight is 194 g/mol. The molecule has 1 amide bonds. The molecular weight excluding hydrogens is 180 g/mol. The Kier molecular flexibility index (Phi) is 1.94. The molecule has 0 atom stereocenters. The van der Waals surface area contributed by atoms with Crippen LogP contribution in [0.2, 0.25) is 0 Å². The largest absolute Gasteiger partial charge is 0.395 e. The second kappa shape index (κ2) is 3.01. The summed E-state index contributed by atoms with van der Waals surface area (Å²) in [6.07, 6.45) is 2.28. The molecular formula is C9H14N4O. The normalized spacial score (nSPS) is 15.6. The molecule has 0 bridgehead atoms. The van der Waals surface area contributed by atoms with Gasteiger partial charge in [0.15, 0.2) is 5.69 Å². The number of nitrogens with two attached hydrogens (primary N) is 1. The highest BCUT2D eigenvalue weighted by molar-refractivity contribution is 5.97. The zero-order valence-electron chi connectivity index (χ0n) is 8.37. The zero-order chi connectivity index (χ0) is 10.3. The van der Waals surface area contributed by atoms with Gasteiger partial charge in [0, 0.05) is 20.0 Å². The number of H-pyrrole nitrogens is 1. The van der Waals surface area contributed by atoms with Crippen molar-refractivity contribution >= 4 is 11.6 Å². The standard InChI is InChI=1S/C9H14N4O/c1-13(2)9(14)8-6(10)7(11-12-8)5-3-4-5/h5H,3-4,10H2,1-2H3,(H,11,12). The Bertz CT molecular complexity index is 365. The third-order valence-corrected chi connectivity index (χ3v) is 2.43. The van der Waals surface area contributed by atoms with E-state index in [4.69, 9.17) is 5.73 Å². The fourth-order valence-corrected chi connectivity index (χ4v) is 1.42. The summed E-state index contributed by atoms with van der Waals surface area (Å²) in [5.41, 5.74) is 7.63. The van der Waals surface area contributed by atoms with Crippen LogP contribution in [0.5, 0.6) is 0 Å². The number of aromatic nitrogens is 2. The fraction of sp³-hybridized carbons (Fsp3) is 0.556. The summed E-state index contributed by atoms with van der Waals surface area (Å²) in [7, 11) is 3.38. The molecule has 76 valence electrons. The van der Waals surface area contributed by atoms with Gasteiger partial charge in [0.25, 0.3) is 5.91 Å². The Morgan fingerprint density at radius 1 is 1.57 bits per heavy atom. The molecule has 1 aromatic rings. The lowest BCUT2D eigenvalue weighted by molar-refractivity contribution is 0.0823. The first-order chi connectivity index (χ1) is 6.61. The van der Waals surface area contributed by atoms with Crippen molar-refractivity contribution in [3.63, 3.8) is 0 Å². The molecule has 0 unspecified atom stereocenters. The lowest BCUT2D eigenvalue weighted by atomic mass is 10.2. The van der Waals surface area contributed by atoms with E-state index in [0.717, 1.165) is 18.5 Å². The molecule has 14 heavy (non-hydrogen) atoms. The molecule has 3 N–H and O–H groups in total. The third-order valence-electron chi connectivity index (χ3n) is 2.43. The van der Waals surface area contributed by atoms with Gasteiger partial charge in [-0.25, -0.2) is 0 Å². The molecule has 0 saturated heterocycles. The van der Waals surface area contributed by atoms with Crippen LogP contribution < -0.4 is 5.73 Å². The van der Waals surface area contributed by atoms with Gasteiger partial charge in [0.2, 0.25) is 0 Å². The van der Waals surface area contributed by atoms with Gasteiger partial charge in [-0.15, -0.1) is 0 Å². The van der Waals surface area contributed by atoms with Gasteiger partial charge in [0.1, 0.15) is 0 Å². The van der Waals surface area contributed by atoms with E-state index in [1.54, 1.807) is 14.1 Å². The smallest absolute Gasteiger partial charge is 0.275 e. The molecule has 1 saturated carbocycles. The minimum Gasteiger partial charge on any atom is -0.395 e. The van der Waals surface area contributed by atoms with Gasteiger partial charge < -0.3 is 10.6 Å². The maximum absolute atomic E-state index is 11.6. The topological polar surface area (TPSA) is 75.0 Å². The molecule has 5 nitrogen and oxygen atoms in total. The van der Waals surface area contributed by atoms with E-state index >= 15 is 0 Å². The Hall–Kier alpha value is -1.52. The number of nitrogen functional groups attached to an aromatic ring is 1. The molecule has 1 aliphatic rings. The molecule has 1 aliphatic carbocycles. The lowest BCUT2D eigenvalue weighted by Gasteiger charge is -2.07. The van der Waals surface area contributed by atoms with Crippen molar-refractivity contribution in [2.45, 2.75) is 18.8 Å². The second-order valence-electron chi connectivity index (χ2n) is 3.87. The summed E-state index contributed by atoms with van der Waals surface area (Å²) in [6.45, 7) is 0. The number of aromatic amines is 1. The van der Waals surface area contributed by atoms with Gasteiger partial charge in [0.05, 0.1) is 11.4 Å². The van der Waals surface area contributed by atoms with E-state index < -0.39 is 0 Å². The minimum absolute atomic E-state index is 0.148. The highest BCUT2D eigenvalue weighted by Crippen LogP contribution is 2.42.